The molecule has 1 saturated carbocycles. The molecule has 1 fully saturated rings. The summed E-state index contributed by atoms with van der Waals surface area (Å²) in [6, 6.07) is 0. The minimum atomic E-state index is 0.590. The van der Waals surface area contributed by atoms with Gasteiger partial charge in [0.25, 0.3) is 0 Å². The van der Waals surface area contributed by atoms with Crippen molar-refractivity contribution >= 4 is 15.9 Å². The highest BCUT2D eigenvalue weighted by Gasteiger charge is 2.14. The third kappa shape index (κ3) is 3.90. The van der Waals surface area contributed by atoms with Gasteiger partial charge in [0.15, 0.2) is 0 Å². The molecule has 0 aromatic rings. The smallest absolute Gasteiger partial charge is 0.0575 e. The van der Waals surface area contributed by atoms with Crippen LogP contribution >= 0.6 is 15.9 Å². The van der Waals surface area contributed by atoms with E-state index in [9.17, 15) is 0 Å². The average molecular weight is 235 g/mol. The van der Waals surface area contributed by atoms with Crippen molar-refractivity contribution in [1.29, 1.82) is 0 Å². The molecule has 0 aliphatic heterocycles. The Morgan fingerprint density at radius 3 is 2.67 bits per heavy atom. The van der Waals surface area contributed by atoms with E-state index >= 15 is 0 Å². The summed E-state index contributed by atoms with van der Waals surface area (Å²) < 4.78 is 5.75. The zero-order valence-corrected chi connectivity index (χ0v) is 9.48. The Morgan fingerprint density at radius 2 is 2.08 bits per heavy atom. The molecular weight excluding hydrogens is 216 g/mol. The zero-order valence-electron chi connectivity index (χ0n) is 7.89. The van der Waals surface area contributed by atoms with E-state index in [1.807, 2.05) is 0 Å². The van der Waals surface area contributed by atoms with Crippen LogP contribution in [0.3, 0.4) is 0 Å². The van der Waals surface area contributed by atoms with Crippen LogP contribution in [0.1, 0.15) is 39.0 Å². The molecule has 0 bridgehead atoms. The first-order valence-corrected chi connectivity index (χ1v) is 6.12. The zero-order chi connectivity index (χ0) is 8.81. The van der Waals surface area contributed by atoms with Gasteiger partial charge in [0.05, 0.1) is 6.10 Å². The molecule has 1 atom stereocenters. The van der Waals surface area contributed by atoms with Gasteiger partial charge in [-0.15, -0.1) is 0 Å². The van der Waals surface area contributed by atoms with Gasteiger partial charge in [-0.3, -0.25) is 0 Å². The first kappa shape index (κ1) is 10.5. The van der Waals surface area contributed by atoms with Gasteiger partial charge in [0.2, 0.25) is 0 Å². The van der Waals surface area contributed by atoms with Crippen molar-refractivity contribution in [1.82, 2.24) is 0 Å². The molecule has 0 radical (unpaired) electrons. The second kappa shape index (κ2) is 5.98. The molecular formula is C10H19BrO. The second-order valence-electron chi connectivity index (χ2n) is 3.83. The van der Waals surface area contributed by atoms with Crippen LogP contribution in [0, 0.1) is 5.92 Å². The molecule has 1 nitrogen and oxygen atoms in total. The van der Waals surface area contributed by atoms with Crippen molar-refractivity contribution in [3.05, 3.63) is 0 Å². The molecule has 0 saturated heterocycles. The van der Waals surface area contributed by atoms with E-state index in [1.165, 1.54) is 32.1 Å². The Bertz CT molecular complexity index is 110. The molecule has 0 aromatic carbocycles. The van der Waals surface area contributed by atoms with Crippen LogP contribution < -0.4 is 0 Å². The number of alkyl halides is 1. The summed E-state index contributed by atoms with van der Waals surface area (Å²) in [6.07, 6.45) is 7.12. The maximum atomic E-state index is 5.75. The van der Waals surface area contributed by atoms with Crippen LogP contribution in [-0.4, -0.2) is 18.0 Å². The second-order valence-corrected chi connectivity index (χ2v) is 4.47. The third-order valence-electron chi connectivity index (χ3n) is 2.53. The Balaban J connectivity index is 1.94. The normalized spacial score (nSPS) is 21.5. The van der Waals surface area contributed by atoms with Crippen molar-refractivity contribution in [2.24, 2.45) is 5.92 Å². The summed E-state index contributed by atoms with van der Waals surface area (Å²) in [6.45, 7) is 3.21. The molecule has 2 heteroatoms. The summed E-state index contributed by atoms with van der Waals surface area (Å²) in [5.74, 6) is 0.756. The first-order chi connectivity index (χ1) is 5.83. The van der Waals surface area contributed by atoms with E-state index in [-0.39, 0.29) is 0 Å². The number of hydrogen-bond donors (Lipinski definition) is 0. The fourth-order valence-corrected chi connectivity index (χ4v) is 1.89. The van der Waals surface area contributed by atoms with Gasteiger partial charge in [-0.05, 0) is 25.2 Å². The number of rotatable bonds is 5. The van der Waals surface area contributed by atoms with Crippen molar-refractivity contribution in [2.45, 2.75) is 45.1 Å². The van der Waals surface area contributed by atoms with Crippen LogP contribution in [0.4, 0.5) is 0 Å². The summed E-state index contributed by atoms with van der Waals surface area (Å²) in [4.78, 5) is 0. The van der Waals surface area contributed by atoms with Crippen LogP contribution in [0.15, 0.2) is 0 Å². The molecule has 0 aromatic heterocycles. The van der Waals surface area contributed by atoms with E-state index in [2.05, 4.69) is 22.9 Å². The SMILES string of the molecule is CC(CBr)CCOC1CCCC1. The summed E-state index contributed by atoms with van der Waals surface area (Å²) in [5.41, 5.74) is 0. The van der Waals surface area contributed by atoms with Crippen molar-refractivity contribution in [2.75, 3.05) is 11.9 Å². The predicted molar refractivity (Wildman–Crippen MR) is 55.8 cm³/mol. The molecule has 12 heavy (non-hydrogen) atoms. The van der Waals surface area contributed by atoms with Crippen LogP contribution in [-0.2, 0) is 4.74 Å². The average Bonchev–Trinajstić information content (AvgIpc) is 2.57. The molecule has 72 valence electrons. The van der Waals surface area contributed by atoms with Gasteiger partial charge < -0.3 is 4.74 Å². The molecule has 0 amide bonds. The van der Waals surface area contributed by atoms with E-state index in [0.717, 1.165) is 17.9 Å². The molecule has 1 rings (SSSR count). The lowest BCUT2D eigenvalue weighted by atomic mass is 10.1. The Labute approximate surface area is 84.0 Å². The maximum absolute atomic E-state index is 5.75. The molecule has 1 aliphatic rings. The Morgan fingerprint density at radius 1 is 1.42 bits per heavy atom. The first-order valence-electron chi connectivity index (χ1n) is 5.00. The molecule has 1 unspecified atom stereocenters. The highest BCUT2D eigenvalue weighted by Crippen LogP contribution is 2.21. The van der Waals surface area contributed by atoms with Gasteiger partial charge in [0, 0.05) is 11.9 Å². The van der Waals surface area contributed by atoms with Gasteiger partial charge in [-0.2, -0.15) is 0 Å². The number of ether oxygens (including phenoxy) is 1. The van der Waals surface area contributed by atoms with Crippen molar-refractivity contribution in [3.8, 4) is 0 Å². The van der Waals surface area contributed by atoms with Crippen LogP contribution in [0.5, 0.6) is 0 Å². The van der Waals surface area contributed by atoms with E-state index in [1.54, 1.807) is 0 Å². The van der Waals surface area contributed by atoms with E-state index in [4.69, 9.17) is 4.74 Å². The topological polar surface area (TPSA) is 9.23 Å². The number of halogens is 1. The fraction of sp³-hybridized carbons (Fsp3) is 1.00. The van der Waals surface area contributed by atoms with Crippen molar-refractivity contribution < 1.29 is 4.74 Å². The largest absolute Gasteiger partial charge is 0.378 e. The van der Waals surface area contributed by atoms with Gasteiger partial charge in [-0.1, -0.05) is 35.7 Å². The summed E-state index contributed by atoms with van der Waals surface area (Å²) >= 11 is 3.47. The molecule has 0 N–H and O–H groups in total. The minimum Gasteiger partial charge on any atom is -0.378 e. The maximum Gasteiger partial charge on any atom is 0.0575 e. The molecule has 0 spiro atoms. The lowest BCUT2D eigenvalue weighted by Gasteiger charge is -2.12. The van der Waals surface area contributed by atoms with Crippen LogP contribution in [0.2, 0.25) is 0 Å². The van der Waals surface area contributed by atoms with Gasteiger partial charge in [-0.25, -0.2) is 0 Å². The third-order valence-corrected chi connectivity index (χ3v) is 3.64. The summed E-state index contributed by atoms with van der Waals surface area (Å²) in [5, 5.41) is 1.10. The standard InChI is InChI=1S/C10H19BrO/c1-9(8-11)6-7-12-10-4-2-3-5-10/h9-10H,2-8H2,1H3. The van der Waals surface area contributed by atoms with Crippen molar-refractivity contribution in [3.63, 3.8) is 0 Å². The summed E-state index contributed by atoms with van der Waals surface area (Å²) in [7, 11) is 0. The van der Waals surface area contributed by atoms with Gasteiger partial charge >= 0.3 is 0 Å². The Kier molecular flexibility index (Phi) is 5.24. The van der Waals surface area contributed by atoms with E-state index in [0.29, 0.717) is 6.10 Å². The van der Waals surface area contributed by atoms with Crippen LogP contribution in [0.25, 0.3) is 0 Å². The lowest BCUT2D eigenvalue weighted by molar-refractivity contribution is 0.0518. The van der Waals surface area contributed by atoms with Gasteiger partial charge in [0.1, 0.15) is 0 Å². The van der Waals surface area contributed by atoms with E-state index < -0.39 is 0 Å². The molecule has 1 aliphatic carbocycles. The number of hydrogen-bond acceptors (Lipinski definition) is 1. The molecule has 0 heterocycles. The fourth-order valence-electron chi connectivity index (χ4n) is 1.57. The Hall–Kier alpha value is 0.440. The predicted octanol–water partition coefficient (Wildman–Crippen LogP) is 3.37. The quantitative estimate of drug-likeness (QED) is 0.664. The highest BCUT2D eigenvalue weighted by atomic mass is 79.9. The lowest BCUT2D eigenvalue weighted by Crippen LogP contribution is -2.11. The monoisotopic (exact) mass is 234 g/mol. The highest BCUT2D eigenvalue weighted by molar-refractivity contribution is 9.09. The minimum absolute atomic E-state index is 0.590.